The maximum Gasteiger partial charge on any atom is 0.326 e. The molecule has 1 atom stereocenters. The number of carbonyl (C=O) groups excluding carboxylic acids is 1. The number of nitrogens with zero attached hydrogens (tertiary/aromatic N) is 1. The zero-order valence-corrected chi connectivity index (χ0v) is 12.3. The van der Waals surface area contributed by atoms with Crippen LogP contribution >= 0.6 is 0 Å². The number of carboxylic acid groups (broad SMARTS) is 1. The highest BCUT2D eigenvalue weighted by Crippen LogP contribution is 2.17. The van der Waals surface area contributed by atoms with Gasteiger partial charge < -0.3 is 19.9 Å². The molecule has 0 spiro atoms. The van der Waals surface area contributed by atoms with Crippen LogP contribution in [0, 0.1) is 0 Å². The van der Waals surface area contributed by atoms with E-state index in [1.165, 1.54) is 13.3 Å². The van der Waals surface area contributed by atoms with Crippen LogP contribution in [0.4, 0.5) is 0 Å². The van der Waals surface area contributed by atoms with Crippen LogP contribution in [0.1, 0.15) is 30.8 Å². The number of hydrogen-bond donors (Lipinski definition) is 2. The number of carboxylic acids is 1. The molecule has 116 valence electrons. The third-order valence-electron chi connectivity index (χ3n) is 2.56. The van der Waals surface area contributed by atoms with Crippen LogP contribution in [0.3, 0.4) is 0 Å². The maximum absolute atomic E-state index is 12.2. The number of ether oxygens (including phenoxy) is 2. The summed E-state index contributed by atoms with van der Waals surface area (Å²) in [6.45, 7) is 3.88. The SMILES string of the molecule is COCCC(NC(=O)c1ncccc1OC(C)C)C(=O)O. The lowest BCUT2D eigenvalue weighted by Crippen LogP contribution is -2.42. The van der Waals surface area contributed by atoms with Gasteiger partial charge in [-0.25, -0.2) is 9.78 Å². The van der Waals surface area contributed by atoms with Crippen LogP contribution in [-0.4, -0.2) is 47.8 Å². The molecule has 7 nitrogen and oxygen atoms in total. The number of methoxy groups -OCH3 is 1. The van der Waals surface area contributed by atoms with Gasteiger partial charge in [0, 0.05) is 26.3 Å². The second kappa shape index (κ2) is 8.21. The number of aromatic nitrogens is 1. The van der Waals surface area contributed by atoms with Gasteiger partial charge in [-0.05, 0) is 26.0 Å². The molecule has 0 aromatic carbocycles. The Bertz CT molecular complexity index is 490. The summed E-state index contributed by atoms with van der Waals surface area (Å²) in [6.07, 6.45) is 1.50. The van der Waals surface area contributed by atoms with Crippen molar-refractivity contribution in [2.45, 2.75) is 32.4 Å². The summed E-state index contributed by atoms with van der Waals surface area (Å²) < 4.78 is 10.3. The van der Waals surface area contributed by atoms with Gasteiger partial charge in [0.15, 0.2) is 11.4 Å². The van der Waals surface area contributed by atoms with Crippen molar-refractivity contribution in [3.63, 3.8) is 0 Å². The zero-order chi connectivity index (χ0) is 15.8. The van der Waals surface area contributed by atoms with Crippen LogP contribution in [0.2, 0.25) is 0 Å². The van der Waals surface area contributed by atoms with Gasteiger partial charge in [0.2, 0.25) is 0 Å². The van der Waals surface area contributed by atoms with Gasteiger partial charge >= 0.3 is 5.97 Å². The summed E-state index contributed by atoms with van der Waals surface area (Å²) in [6, 6.07) is 2.23. The lowest BCUT2D eigenvalue weighted by molar-refractivity contribution is -0.139. The molecule has 0 fully saturated rings. The second-order valence-corrected chi connectivity index (χ2v) is 4.66. The van der Waals surface area contributed by atoms with E-state index in [4.69, 9.17) is 14.6 Å². The maximum atomic E-state index is 12.2. The van der Waals surface area contributed by atoms with Crippen molar-refractivity contribution >= 4 is 11.9 Å². The standard InChI is InChI=1S/C14H20N2O5/c1-9(2)21-11-5-4-7-15-12(11)13(17)16-10(14(18)19)6-8-20-3/h4-5,7,9-10H,6,8H2,1-3H3,(H,16,17)(H,18,19). The molecule has 1 unspecified atom stereocenters. The minimum absolute atomic E-state index is 0.0647. The Hall–Kier alpha value is -2.15. The average molecular weight is 296 g/mol. The van der Waals surface area contributed by atoms with E-state index >= 15 is 0 Å². The van der Waals surface area contributed by atoms with Crippen LogP contribution < -0.4 is 10.1 Å². The van der Waals surface area contributed by atoms with Crippen LogP contribution in [0.15, 0.2) is 18.3 Å². The minimum Gasteiger partial charge on any atom is -0.489 e. The zero-order valence-electron chi connectivity index (χ0n) is 12.3. The molecule has 1 amide bonds. The van der Waals surface area contributed by atoms with Gasteiger partial charge in [-0.1, -0.05) is 0 Å². The second-order valence-electron chi connectivity index (χ2n) is 4.66. The van der Waals surface area contributed by atoms with Gasteiger partial charge in [0.25, 0.3) is 5.91 Å². The fourth-order valence-electron chi connectivity index (χ4n) is 1.63. The third kappa shape index (κ3) is 5.39. The van der Waals surface area contributed by atoms with E-state index in [-0.39, 0.29) is 24.8 Å². The van der Waals surface area contributed by atoms with E-state index in [0.29, 0.717) is 5.75 Å². The minimum atomic E-state index is -1.12. The van der Waals surface area contributed by atoms with Crippen molar-refractivity contribution in [2.75, 3.05) is 13.7 Å². The summed E-state index contributed by atoms with van der Waals surface area (Å²) in [5.74, 6) is -1.39. The van der Waals surface area contributed by atoms with Gasteiger partial charge in [0.1, 0.15) is 6.04 Å². The van der Waals surface area contributed by atoms with Crippen LogP contribution in [-0.2, 0) is 9.53 Å². The highest BCUT2D eigenvalue weighted by molar-refractivity contribution is 5.97. The number of aliphatic carboxylic acids is 1. The summed E-state index contributed by atoms with van der Waals surface area (Å²) in [7, 11) is 1.47. The number of carbonyl (C=O) groups is 2. The molecule has 0 saturated carbocycles. The Kier molecular flexibility index (Phi) is 6.61. The topological polar surface area (TPSA) is 97.8 Å². The van der Waals surface area contributed by atoms with Gasteiger partial charge in [-0.3, -0.25) is 4.79 Å². The lowest BCUT2D eigenvalue weighted by Gasteiger charge is -2.16. The van der Waals surface area contributed by atoms with Gasteiger partial charge in [-0.2, -0.15) is 0 Å². The number of pyridine rings is 1. The summed E-state index contributed by atoms with van der Waals surface area (Å²) in [5, 5.41) is 11.5. The van der Waals surface area contributed by atoms with Crippen molar-refractivity contribution in [3.05, 3.63) is 24.0 Å². The van der Waals surface area contributed by atoms with Crippen molar-refractivity contribution in [3.8, 4) is 5.75 Å². The molecule has 0 aliphatic carbocycles. The molecule has 0 aliphatic heterocycles. The summed E-state index contributed by atoms with van der Waals surface area (Å²) >= 11 is 0. The van der Waals surface area contributed by atoms with Crippen LogP contribution in [0.5, 0.6) is 5.75 Å². The summed E-state index contributed by atoms with van der Waals surface area (Å²) in [5.41, 5.74) is 0.0647. The number of rotatable bonds is 8. The highest BCUT2D eigenvalue weighted by atomic mass is 16.5. The third-order valence-corrected chi connectivity index (χ3v) is 2.56. The molecule has 1 rings (SSSR count). The molecule has 1 heterocycles. The largest absolute Gasteiger partial charge is 0.489 e. The molecular weight excluding hydrogens is 276 g/mol. The first-order chi connectivity index (χ1) is 9.95. The molecule has 0 aliphatic rings. The van der Waals surface area contributed by atoms with Crippen molar-refractivity contribution in [2.24, 2.45) is 0 Å². The molecule has 21 heavy (non-hydrogen) atoms. The Morgan fingerprint density at radius 2 is 2.14 bits per heavy atom. The number of amides is 1. The molecule has 0 bridgehead atoms. The van der Waals surface area contributed by atoms with E-state index in [2.05, 4.69) is 10.3 Å². The molecule has 1 aromatic heterocycles. The Balaban J connectivity index is 2.84. The predicted octanol–water partition coefficient (Wildman–Crippen LogP) is 1.09. The van der Waals surface area contributed by atoms with E-state index in [1.807, 2.05) is 13.8 Å². The first-order valence-corrected chi connectivity index (χ1v) is 6.60. The predicted molar refractivity (Wildman–Crippen MR) is 75.4 cm³/mol. The lowest BCUT2D eigenvalue weighted by atomic mass is 10.2. The summed E-state index contributed by atoms with van der Waals surface area (Å²) in [4.78, 5) is 27.2. The molecule has 2 N–H and O–H groups in total. The van der Waals surface area contributed by atoms with Crippen molar-refractivity contribution in [1.29, 1.82) is 0 Å². The molecule has 7 heteroatoms. The Morgan fingerprint density at radius 1 is 1.43 bits per heavy atom. The first-order valence-electron chi connectivity index (χ1n) is 6.60. The molecule has 0 saturated heterocycles. The Morgan fingerprint density at radius 3 is 2.71 bits per heavy atom. The Labute approximate surface area is 123 Å². The smallest absolute Gasteiger partial charge is 0.326 e. The van der Waals surface area contributed by atoms with Gasteiger partial charge in [-0.15, -0.1) is 0 Å². The van der Waals surface area contributed by atoms with E-state index in [1.54, 1.807) is 12.1 Å². The number of hydrogen-bond acceptors (Lipinski definition) is 5. The normalized spacial score (nSPS) is 12.0. The van der Waals surface area contributed by atoms with E-state index in [9.17, 15) is 9.59 Å². The number of nitrogens with one attached hydrogen (secondary N) is 1. The molecule has 1 aromatic rings. The van der Waals surface area contributed by atoms with Crippen LogP contribution in [0.25, 0.3) is 0 Å². The highest BCUT2D eigenvalue weighted by Gasteiger charge is 2.23. The average Bonchev–Trinajstić information content (AvgIpc) is 2.42. The monoisotopic (exact) mass is 296 g/mol. The fraction of sp³-hybridized carbons (Fsp3) is 0.500. The van der Waals surface area contributed by atoms with Gasteiger partial charge in [0.05, 0.1) is 6.10 Å². The quantitative estimate of drug-likeness (QED) is 0.745. The van der Waals surface area contributed by atoms with Crippen molar-refractivity contribution in [1.82, 2.24) is 10.3 Å². The van der Waals surface area contributed by atoms with E-state index in [0.717, 1.165) is 0 Å². The van der Waals surface area contributed by atoms with Crippen molar-refractivity contribution < 1.29 is 24.2 Å². The molecular formula is C14H20N2O5. The fourth-order valence-corrected chi connectivity index (χ4v) is 1.63. The molecule has 0 radical (unpaired) electrons. The first kappa shape index (κ1) is 16.9. The van der Waals surface area contributed by atoms with E-state index < -0.39 is 17.9 Å².